The van der Waals surface area contributed by atoms with Crippen molar-refractivity contribution in [1.82, 2.24) is 20.2 Å². The zero-order chi connectivity index (χ0) is 22.4. The molecule has 9 heteroatoms. The number of carbonyl (C=O) groups excluding carboxylic acids is 2. The first-order valence-corrected chi connectivity index (χ1v) is 10.4. The average molecular weight is 439 g/mol. The second-order valence-corrected chi connectivity index (χ2v) is 7.51. The molecule has 0 aliphatic carbocycles. The highest BCUT2D eigenvalue weighted by atomic mass is 32.2. The monoisotopic (exact) mass is 438 g/mol. The Morgan fingerprint density at radius 2 is 2.03 bits per heavy atom. The number of aryl methyl sites for hydroxylation is 1. The van der Waals surface area contributed by atoms with E-state index in [0.29, 0.717) is 27.5 Å². The predicted molar refractivity (Wildman–Crippen MR) is 121 cm³/mol. The number of nitrogens with one attached hydrogen (secondary N) is 2. The van der Waals surface area contributed by atoms with Crippen LogP contribution in [0.2, 0.25) is 0 Å². The molecule has 3 amide bonds. The largest absolute Gasteiger partial charge is 0.495 e. The molecule has 1 heterocycles. The molecular weight excluding hydrogens is 416 g/mol. The molecule has 0 radical (unpaired) electrons. The number of carbonyl (C=O) groups is 2. The fourth-order valence-corrected chi connectivity index (χ4v) is 3.70. The van der Waals surface area contributed by atoms with Crippen molar-refractivity contribution in [3.63, 3.8) is 0 Å². The van der Waals surface area contributed by atoms with Crippen molar-refractivity contribution < 1.29 is 14.3 Å². The van der Waals surface area contributed by atoms with Gasteiger partial charge in [0.05, 0.1) is 29.5 Å². The van der Waals surface area contributed by atoms with Crippen LogP contribution in [0, 0.1) is 6.92 Å². The summed E-state index contributed by atoms with van der Waals surface area (Å²) in [5.74, 6) is -0.128. The Hall–Kier alpha value is -3.59. The van der Waals surface area contributed by atoms with E-state index in [1.54, 1.807) is 30.3 Å². The zero-order valence-electron chi connectivity index (χ0n) is 17.2. The summed E-state index contributed by atoms with van der Waals surface area (Å²) in [4.78, 5) is 41.8. The number of ether oxygens (including phenoxy) is 1. The second kappa shape index (κ2) is 9.94. The molecule has 31 heavy (non-hydrogen) atoms. The third-order valence-corrected chi connectivity index (χ3v) is 5.25. The Morgan fingerprint density at radius 3 is 2.77 bits per heavy atom. The van der Waals surface area contributed by atoms with Gasteiger partial charge in [-0.2, -0.15) is 0 Å². The predicted octanol–water partition coefficient (Wildman–Crippen LogP) is 2.81. The molecule has 160 valence electrons. The summed E-state index contributed by atoms with van der Waals surface area (Å²) >= 11 is 1.05. The van der Waals surface area contributed by atoms with Crippen LogP contribution in [0.4, 0.5) is 4.79 Å². The van der Waals surface area contributed by atoms with Gasteiger partial charge in [0.2, 0.25) is 5.91 Å². The van der Waals surface area contributed by atoms with E-state index < -0.39 is 11.9 Å². The number of amides is 3. The lowest BCUT2D eigenvalue weighted by molar-refractivity contribution is -0.117. The molecule has 2 aromatic carbocycles. The van der Waals surface area contributed by atoms with Crippen LogP contribution in [0.5, 0.6) is 5.75 Å². The summed E-state index contributed by atoms with van der Waals surface area (Å²) in [5, 5.41) is 5.46. The van der Waals surface area contributed by atoms with Crippen molar-refractivity contribution >= 4 is 34.6 Å². The number of hydrogen-bond acceptors (Lipinski definition) is 6. The highest BCUT2D eigenvalue weighted by Gasteiger charge is 2.18. The van der Waals surface area contributed by atoms with Crippen LogP contribution in [-0.4, -0.2) is 40.9 Å². The highest BCUT2D eigenvalue weighted by molar-refractivity contribution is 7.99. The van der Waals surface area contributed by atoms with Gasteiger partial charge in [-0.1, -0.05) is 36.0 Å². The van der Waals surface area contributed by atoms with Crippen LogP contribution >= 0.6 is 11.8 Å². The number of urea groups is 1. The Balaban J connectivity index is 2.01. The van der Waals surface area contributed by atoms with Gasteiger partial charge in [0.15, 0.2) is 5.16 Å². The number of fused-ring (bicyclic) bond motifs is 1. The molecule has 0 atom stereocenters. The maximum atomic E-state index is 13.3. The summed E-state index contributed by atoms with van der Waals surface area (Å²) in [5.41, 5.74) is 1.70. The van der Waals surface area contributed by atoms with Crippen LogP contribution in [-0.2, 0) is 4.79 Å². The van der Waals surface area contributed by atoms with Crippen molar-refractivity contribution in [2.45, 2.75) is 12.1 Å². The van der Waals surface area contributed by atoms with Crippen LogP contribution < -0.4 is 20.9 Å². The van der Waals surface area contributed by atoms with Crippen LogP contribution in [0.15, 0.2) is 65.1 Å². The van der Waals surface area contributed by atoms with E-state index in [-0.39, 0.29) is 17.9 Å². The molecule has 0 aliphatic heterocycles. The second-order valence-electron chi connectivity index (χ2n) is 6.56. The third kappa shape index (κ3) is 5.13. The fourth-order valence-electron chi connectivity index (χ4n) is 2.90. The minimum absolute atomic E-state index is 0.111. The molecule has 0 spiro atoms. The number of hydrogen-bond donors (Lipinski definition) is 2. The van der Waals surface area contributed by atoms with Crippen molar-refractivity contribution in [2.75, 3.05) is 19.4 Å². The Morgan fingerprint density at radius 1 is 1.26 bits per heavy atom. The van der Waals surface area contributed by atoms with Crippen LogP contribution in [0.3, 0.4) is 0 Å². The number of benzene rings is 2. The minimum Gasteiger partial charge on any atom is -0.495 e. The molecule has 1 aromatic heterocycles. The van der Waals surface area contributed by atoms with Crippen LogP contribution in [0.25, 0.3) is 16.6 Å². The Bertz CT molecular complexity index is 1210. The van der Waals surface area contributed by atoms with Crippen LogP contribution in [0.1, 0.15) is 5.56 Å². The van der Waals surface area contributed by atoms with Gasteiger partial charge in [0, 0.05) is 6.54 Å². The molecule has 3 aromatic rings. The Labute approximate surface area is 183 Å². The van der Waals surface area contributed by atoms with E-state index in [2.05, 4.69) is 22.2 Å². The van der Waals surface area contributed by atoms with Gasteiger partial charge in [-0.05, 0) is 36.8 Å². The summed E-state index contributed by atoms with van der Waals surface area (Å²) in [6.45, 7) is 5.65. The number of methoxy groups -OCH3 is 1. The number of imide groups is 1. The van der Waals surface area contributed by atoms with Gasteiger partial charge in [-0.3, -0.25) is 19.5 Å². The summed E-state index contributed by atoms with van der Waals surface area (Å²) in [7, 11) is 1.52. The quantitative estimate of drug-likeness (QED) is 0.334. The standard InChI is InChI=1S/C22H22N4O4S/c1-4-11-23-21(29)25-19(27)13-31-22-24-16-8-6-5-7-15(16)20(28)26(22)17-12-14(2)9-10-18(17)30-3/h4-10,12H,1,11,13H2,2-3H3,(H2,23,25,27,29). The molecule has 3 rings (SSSR count). The van der Waals surface area contributed by atoms with Gasteiger partial charge in [0.25, 0.3) is 5.56 Å². The fraction of sp³-hybridized carbons (Fsp3) is 0.182. The third-order valence-electron chi connectivity index (χ3n) is 4.31. The van der Waals surface area contributed by atoms with Gasteiger partial charge in [-0.15, -0.1) is 6.58 Å². The summed E-state index contributed by atoms with van der Waals surface area (Å²) in [6.07, 6.45) is 1.51. The van der Waals surface area contributed by atoms with Crippen molar-refractivity contribution in [2.24, 2.45) is 0 Å². The normalized spacial score (nSPS) is 10.5. The van der Waals surface area contributed by atoms with Crippen molar-refractivity contribution in [1.29, 1.82) is 0 Å². The van der Waals surface area contributed by atoms with Crippen molar-refractivity contribution in [3.05, 3.63) is 71.0 Å². The minimum atomic E-state index is -0.616. The zero-order valence-corrected chi connectivity index (χ0v) is 18.0. The number of nitrogens with zero attached hydrogens (tertiary/aromatic N) is 2. The first-order chi connectivity index (χ1) is 14.9. The summed E-state index contributed by atoms with van der Waals surface area (Å²) < 4.78 is 6.89. The first-order valence-electron chi connectivity index (χ1n) is 9.42. The van der Waals surface area contributed by atoms with Crippen molar-refractivity contribution in [3.8, 4) is 11.4 Å². The summed E-state index contributed by atoms with van der Waals surface area (Å²) in [6, 6.07) is 11.9. The maximum Gasteiger partial charge on any atom is 0.321 e. The number of aromatic nitrogens is 2. The molecule has 0 saturated heterocycles. The lowest BCUT2D eigenvalue weighted by Gasteiger charge is -2.16. The van der Waals surface area contributed by atoms with E-state index in [1.807, 2.05) is 19.1 Å². The molecule has 0 unspecified atom stereocenters. The van der Waals surface area contributed by atoms with Gasteiger partial charge < -0.3 is 10.1 Å². The molecule has 0 saturated carbocycles. The lowest BCUT2D eigenvalue weighted by Crippen LogP contribution is -2.40. The molecule has 0 aliphatic rings. The molecular formula is C22H22N4O4S. The van der Waals surface area contributed by atoms with Gasteiger partial charge >= 0.3 is 6.03 Å². The van der Waals surface area contributed by atoms with E-state index in [9.17, 15) is 14.4 Å². The van der Waals surface area contributed by atoms with Gasteiger partial charge in [-0.25, -0.2) is 9.78 Å². The smallest absolute Gasteiger partial charge is 0.321 e. The molecule has 8 nitrogen and oxygen atoms in total. The first kappa shape index (κ1) is 22.1. The topological polar surface area (TPSA) is 102 Å². The number of rotatable bonds is 7. The van der Waals surface area contributed by atoms with E-state index in [4.69, 9.17) is 4.74 Å². The maximum absolute atomic E-state index is 13.3. The molecule has 2 N–H and O–H groups in total. The van der Waals surface area contributed by atoms with Gasteiger partial charge in [0.1, 0.15) is 5.75 Å². The molecule has 0 bridgehead atoms. The van der Waals surface area contributed by atoms with E-state index >= 15 is 0 Å². The SMILES string of the molecule is C=CCNC(=O)NC(=O)CSc1nc2ccccc2c(=O)n1-c1cc(C)ccc1OC. The highest BCUT2D eigenvalue weighted by Crippen LogP contribution is 2.28. The van der Waals surface area contributed by atoms with E-state index in [0.717, 1.165) is 17.3 Å². The average Bonchev–Trinajstić information content (AvgIpc) is 2.76. The lowest BCUT2D eigenvalue weighted by atomic mass is 10.2. The number of para-hydroxylation sites is 1. The Kier molecular flexibility index (Phi) is 7.09. The van der Waals surface area contributed by atoms with E-state index in [1.165, 1.54) is 17.8 Å². The molecule has 0 fully saturated rings. The number of thioether (sulfide) groups is 1.